The molecular formula is C19H13ClO2. The van der Waals surface area contributed by atoms with E-state index in [1.807, 2.05) is 42.5 Å². The van der Waals surface area contributed by atoms with Crippen molar-refractivity contribution in [3.8, 4) is 11.8 Å². The Morgan fingerprint density at radius 1 is 1.05 bits per heavy atom. The number of rotatable bonds is 3. The molecule has 0 bridgehead atoms. The first-order chi connectivity index (χ1) is 10.6. The second-order valence-corrected chi connectivity index (χ2v) is 4.84. The molecule has 0 saturated heterocycles. The van der Waals surface area contributed by atoms with Gasteiger partial charge < -0.3 is 5.11 Å². The van der Waals surface area contributed by atoms with Crippen molar-refractivity contribution in [1.82, 2.24) is 0 Å². The van der Waals surface area contributed by atoms with Crippen molar-refractivity contribution in [2.75, 3.05) is 0 Å². The zero-order chi connectivity index (χ0) is 15.8. The normalized spacial score (nSPS) is 11.0. The molecule has 0 aliphatic carbocycles. The number of aliphatic carboxylic acids is 1. The molecule has 2 nitrogen and oxygen atoms in total. The number of hydrogen-bond donors (Lipinski definition) is 1. The minimum absolute atomic E-state index is 0.639. The molecule has 2 aromatic carbocycles. The quantitative estimate of drug-likeness (QED) is 0.518. The van der Waals surface area contributed by atoms with Gasteiger partial charge in [-0.1, -0.05) is 59.8 Å². The number of carbonyl (C=O) groups is 1. The van der Waals surface area contributed by atoms with Gasteiger partial charge in [0.15, 0.2) is 0 Å². The summed E-state index contributed by atoms with van der Waals surface area (Å²) >= 11 is 5.89. The molecule has 2 aromatic rings. The number of carboxylic acid groups (broad SMARTS) is 1. The van der Waals surface area contributed by atoms with Crippen LogP contribution >= 0.6 is 11.6 Å². The standard InChI is InChI=1S/C19H13ClO2/c20-18-13-11-17(12-14-18)16(7-4-8-19(21)22)10-9-15-5-2-1-3-6-15/h1-8,11-14H,(H,21,22)/b8-4+,16-7+. The summed E-state index contributed by atoms with van der Waals surface area (Å²) in [4.78, 5) is 10.6. The molecule has 0 spiro atoms. The van der Waals surface area contributed by atoms with Crippen molar-refractivity contribution >= 4 is 23.1 Å². The van der Waals surface area contributed by atoms with E-state index in [-0.39, 0.29) is 0 Å². The number of allylic oxidation sites excluding steroid dienone is 3. The summed E-state index contributed by atoms with van der Waals surface area (Å²) in [5.41, 5.74) is 2.49. The summed E-state index contributed by atoms with van der Waals surface area (Å²) in [5, 5.41) is 9.31. The topological polar surface area (TPSA) is 37.3 Å². The number of halogens is 1. The van der Waals surface area contributed by atoms with E-state index in [0.29, 0.717) is 5.02 Å². The zero-order valence-electron chi connectivity index (χ0n) is 11.7. The summed E-state index contributed by atoms with van der Waals surface area (Å²) in [5.74, 6) is 5.14. The fourth-order valence-corrected chi connectivity index (χ4v) is 1.85. The smallest absolute Gasteiger partial charge is 0.328 e. The van der Waals surface area contributed by atoms with Gasteiger partial charge in [-0.15, -0.1) is 0 Å². The van der Waals surface area contributed by atoms with Gasteiger partial charge in [-0.2, -0.15) is 0 Å². The fraction of sp³-hybridized carbons (Fsp3) is 0. The van der Waals surface area contributed by atoms with Crippen LogP contribution in [0.15, 0.2) is 72.8 Å². The van der Waals surface area contributed by atoms with E-state index in [0.717, 1.165) is 22.8 Å². The summed E-state index contributed by atoms with van der Waals surface area (Å²) in [6, 6.07) is 16.8. The zero-order valence-corrected chi connectivity index (χ0v) is 12.4. The second kappa shape index (κ2) is 7.87. The van der Waals surface area contributed by atoms with Crippen LogP contribution in [0.4, 0.5) is 0 Å². The van der Waals surface area contributed by atoms with Crippen molar-refractivity contribution < 1.29 is 9.90 Å². The molecule has 0 saturated carbocycles. The highest BCUT2D eigenvalue weighted by Crippen LogP contribution is 2.17. The minimum Gasteiger partial charge on any atom is -0.478 e. The van der Waals surface area contributed by atoms with E-state index in [9.17, 15) is 4.79 Å². The van der Waals surface area contributed by atoms with E-state index in [1.165, 1.54) is 6.08 Å². The molecule has 0 radical (unpaired) electrons. The minimum atomic E-state index is -0.997. The molecular weight excluding hydrogens is 296 g/mol. The van der Waals surface area contributed by atoms with Crippen LogP contribution in [0.3, 0.4) is 0 Å². The van der Waals surface area contributed by atoms with Crippen LogP contribution in [0, 0.1) is 11.8 Å². The summed E-state index contributed by atoms with van der Waals surface area (Å²) in [6.45, 7) is 0. The van der Waals surface area contributed by atoms with Crippen LogP contribution in [0.25, 0.3) is 5.57 Å². The monoisotopic (exact) mass is 308 g/mol. The maximum Gasteiger partial charge on any atom is 0.328 e. The van der Waals surface area contributed by atoms with Crippen LogP contribution in [-0.4, -0.2) is 11.1 Å². The van der Waals surface area contributed by atoms with Gasteiger partial charge in [-0.3, -0.25) is 0 Å². The van der Waals surface area contributed by atoms with Gasteiger partial charge in [0.25, 0.3) is 0 Å². The molecule has 3 heteroatoms. The van der Waals surface area contributed by atoms with Crippen LogP contribution < -0.4 is 0 Å². The van der Waals surface area contributed by atoms with Crippen molar-refractivity contribution in [3.05, 3.63) is 89.0 Å². The van der Waals surface area contributed by atoms with Crippen LogP contribution in [-0.2, 0) is 4.79 Å². The average Bonchev–Trinajstić information content (AvgIpc) is 2.52. The lowest BCUT2D eigenvalue weighted by Crippen LogP contribution is -1.85. The predicted octanol–water partition coefficient (Wildman–Crippen LogP) is 4.42. The van der Waals surface area contributed by atoms with Gasteiger partial charge >= 0.3 is 5.97 Å². The number of carboxylic acids is 1. The molecule has 0 heterocycles. The molecule has 0 aliphatic heterocycles. The van der Waals surface area contributed by atoms with Crippen LogP contribution in [0.5, 0.6) is 0 Å². The van der Waals surface area contributed by atoms with Crippen LogP contribution in [0.1, 0.15) is 11.1 Å². The first-order valence-corrected chi connectivity index (χ1v) is 6.97. The molecule has 0 aromatic heterocycles. The largest absolute Gasteiger partial charge is 0.478 e. The summed E-state index contributed by atoms with van der Waals surface area (Å²) in [7, 11) is 0. The van der Waals surface area contributed by atoms with Crippen molar-refractivity contribution in [2.24, 2.45) is 0 Å². The summed E-state index contributed by atoms with van der Waals surface area (Å²) < 4.78 is 0. The third-order valence-corrected chi connectivity index (χ3v) is 3.02. The molecule has 22 heavy (non-hydrogen) atoms. The SMILES string of the molecule is O=C(O)/C=C/C=C(\C#Cc1ccccc1)c1ccc(Cl)cc1. The highest BCUT2D eigenvalue weighted by atomic mass is 35.5. The molecule has 1 N–H and O–H groups in total. The first-order valence-electron chi connectivity index (χ1n) is 6.59. The Hall–Kier alpha value is -2.76. The van der Waals surface area contributed by atoms with E-state index in [1.54, 1.807) is 18.2 Å². The van der Waals surface area contributed by atoms with Gasteiger partial charge in [-0.25, -0.2) is 4.79 Å². The van der Waals surface area contributed by atoms with Crippen molar-refractivity contribution in [2.45, 2.75) is 0 Å². The highest BCUT2D eigenvalue weighted by molar-refractivity contribution is 6.30. The van der Waals surface area contributed by atoms with Crippen molar-refractivity contribution in [3.63, 3.8) is 0 Å². The van der Waals surface area contributed by atoms with Crippen LogP contribution in [0.2, 0.25) is 5.02 Å². The van der Waals surface area contributed by atoms with Gasteiger partial charge in [0.05, 0.1) is 0 Å². The van der Waals surface area contributed by atoms with E-state index in [4.69, 9.17) is 16.7 Å². The molecule has 0 aliphatic rings. The Morgan fingerprint density at radius 2 is 1.73 bits per heavy atom. The maximum absolute atomic E-state index is 10.6. The maximum atomic E-state index is 10.6. The Morgan fingerprint density at radius 3 is 2.36 bits per heavy atom. The predicted molar refractivity (Wildman–Crippen MR) is 89.5 cm³/mol. The molecule has 0 amide bonds. The van der Waals surface area contributed by atoms with Gasteiger partial charge in [0.2, 0.25) is 0 Å². The van der Waals surface area contributed by atoms with Gasteiger partial charge in [0, 0.05) is 22.2 Å². The fourth-order valence-electron chi connectivity index (χ4n) is 1.73. The van der Waals surface area contributed by atoms with Gasteiger partial charge in [-0.05, 0) is 35.9 Å². The third-order valence-electron chi connectivity index (χ3n) is 2.77. The Kier molecular flexibility index (Phi) is 5.59. The molecule has 0 unspecified atom stereocenters. The lowest BCUT2D eigenvalue weighted by atomic mass is 10.1. The first kappa shape index (κ1) is 15.6. The highest BCUT2D eigenvalue weighted by Gasteiger charge is 1.98. The van der Waals surface area contributed by atoms with Gasteiger partial charge in [0.1, 0.15) is 0 Å². The molecule has 0 atom stereocenters. The number of hydrogen-bond acceptors (Lipinski definition) is 1. The van der Waals surface area contributed by atoms with E-state index in [2.05, 4.69) is 11.8 Å². The Bertz CT molecular complexity index is 761. The Labute approximate surface area is 134 Å². The average molecular weight is 309 g/mol. The second-order valence-electron chi connectivity index (χ2n) is 4.40. The van der Waals surface area contributed by atoms with Crippen molar-refractivity contribution in [1.29, 1.82) is 0 Å². The van der Waals surface area contributed by atoms with E-state index < -0.39 is 5.97 Å². The molecule has 2 rings (SSSR count). The molecule has 0 fully saturated rings. The number of benzene rings is 2. The Balaban J connectivity index is 2.36. The summed E-state index contributed by atoms with van der Waals surface area (Å²) in [6.07, 6.45) is 4.21. The van der Waals surface area contributed by atoms with E-state index >= 15 is 0 Å². The third kappa shape index (κ3) is 4.97. The lowest BCUT2D eigenvalue weighted by Gasteiger charge is -1.99. The molecule has 108 valence electrons. The lowest BCUT2D eigenvalue weighted by molar-refractivity contribution is -0.131.